The lowest BCUT2D eigenvalue weighted by Crippen LogP contribution is -2.47. The lowest BCUT2D eigenvalue weighted by atomic mass is 10.2. The Morgan fingerprint density at radius 3 is 2.56 bits per heavy atom. The molecule has 0 saturated carbocycles. The van der Waals surface area contributed by atoms with Crippen molar-refractivity contribution in [3.8, 4) is 5.75 Å². The maximum atomic E-state index is 11.2. The van der Waals surface area contributed by atoms with Crippen molar-refractivity contribution in [2.45, 2.75) is 6.92 Å². The van der Waals surface area contributed by atoms with Crippen molar-refractivity contribution in [1.29, 1.82) is 0 Å². The molecule has 0 radical (unpaired) electrons. The molecule has 0 atom stereocenters. The number of ether oxygens (including phenoxy) is 1. The highest BCUT2D eigenvalue weighted by atomic mass is 16.6. The molecule has 0 bridgehead atoms. The number of piperazine rings is 1. The van der Waals surface area contributed by atoms with Crippen molar-refractivity contribution in [3.05, 3.63) is 64.2 Å². The van der Waals surface area contributed by atoms with Crippen LogP contribution in [0.4, 0.5) is 11.4 Å². The number of nitro benzene ring substituents is 1. The Morgan fingerprint density at radius 1 is 1.08 bits per heavy atom. The van der Waals surface area contributed by atoms with Crippen LogP contribution in [0.1, 0.15) is 5.56 Å². The summed E-state index contributed by atoms with van der Waals surface area (Å²) in [6.07, 6.45) is 0. The number of nitro groups is 1. The second kappa shape index (κ2) is 7.98. The summed E-state index contributed by atoms with van der Waals surface area (Å²) in [7, 11) is 0. The third kappa shape index (κ3) is 4.48. The Bertz CT molecular complexity index is 727. The van der Waals surface area contributed by atoms with Gasteiger partial charge in [-0.3, -0.25) is 15.0 Å². The highest BCUT2D eigenvalue weighted by Gasteiger charge is 2.22. The van der Waals surface area contributed by atoms with Crippen LogP contribution in [-0.2, 0) is 0 Å². The van der Waals surface area contributed by atoms with E-state index in [9.17, 15) is 10.1 Å². The zero-order valence-corrected chi connectivity index (χ0v) is 14.4. The van der Waals surface area contributed by atoms with E-state index in [-0.39, 0.29) is 10.6 Å². The third-order valence-corrected chi connectivity index (χ3v) is 4.46. The maximum absolute atomic E-state index is 11.2. The van der Waals surface area contributed by atoms with Crippen LogP contribution >= 0.6 is 0 Å². The normalized spacial score (nSPS) is 15.2. The summed E-state index contributed by atoms with van der Waals surface area (Å²) in [5.74, 6) is 0.901. The summed E-state index contributed by atoms with van der Waals surface area (Å²) < 4.78 is 5.81. The molecule has 3 rings (SSSR count). The Hall–Kier alpha value is -2.60. The quantitative estimate of drug-likeness (QED) is 0.597. The molecule has 1 saturated heterocycles. The van der Waals surface area contributed by atoms with E-state index >= 15 is 0 Å². The van der Waals surface area contributed by atoms with Crippen LogP contribution in [0.25, 0.3) is 0 Å². The van der Waals surface area contributed by atoms with Gasteiger partial charge in [0.25, 0.3) is 5.69 Å². The van der Waals surface area contributed by atoms with Gasteiger partial charge in [-0.25, -0.2) is 0 Å². The van der Waals surface area contributed by atoms with Gasteiger partial charge >= 0.3 is 0 Å². The molecule has 2 aromatic rings. The van der Waals surface area contributed by atoms with Gasteiger partial charge in [0, 0.05) is 38.8 Å². The molecular formula is C19H23N3O3. The van der Waals surface area contributed by atoms with E-state index in [1.807, 2.05) is 30.3 Å². The Balaban J connectivity index is 1.48. The minimum Gasteiger partial charge on any atom is -0.492 e. The molecule has 0 N–H and O–H groups in total. The summed E-state index contributed by atoms with van der Waals surface area (Å²) in [6, 6.07) is 15.0. The zero-order valence-electron chi connectivity index (χ0n) is 14.4. The first kappa shape index (κ1) is 17.2. The molecular weight excluding hydrogens is 318 g/mol. The molecule has 0 amide bonds. The topological polar surface area (TPSA) is 58.8 Å². The van der Waals surface area contributed by atoms with Crippen LogP contribution in [0.3, 0.4) is 0 Å². The molecule has 0 aromatic heterocycles. The average Bonchev–Trinajstić information content (AvgIpc) is 2.62. The van der Waals surface area contributed by atoms with Gasteiger partial charge in [0.1, 0.15) is 18.0 Å². The van der Waals surface area contributed by atoms with Crippen LogP contribution in [0.15, 0.2) is 48.5 Å². The number of hydrogen-bond donors (Lipinski definition) is 0. The second-order valence-corrected chi connectivity index (χ2v) is 6.24. The van der Waals surface area contributed by atoms with E-state index in [0.29, 0.717) is 12.3 Å². The van der Waals surface area contributed by atoms with Gasteiger partial charge < -0.3 is 9.64 Å². The zero-order chi connectivity index (χ0) is 17.6. The van der Waals surface area contributed by atoms with Crippen molar-refractivity contribution < 1.29 is 9.66 Å². The fourth-order valence-corrected chi connectivity index (χ4v) is 3.10. The van der Waals surface area contributed by atoms with Crippen molar-refractivity contribution in [2.24, 2.45) is 0 Å². The minimum atomic E-state index is -0.308. The number of aryl methyl sites for hydroxylation is 1. The molecule has 0 spiro atoms. The Kier molecular flexibility index (Phi) is 5.50. The Morgan fingerprint density at radius 2 is 1.84 bits per heavy atom. The van der Waals surface area contributed by atoms with E-state index in [4.69, 9.17) is 4.74 Å². The average molecular weight is 341 g/mol. The lowest BCUT2D eigenvalue weighted by molar-refractivity contribution is -0.384. The largest absolute Gasteiger partial charge is 0.492 e. The number of rotatable bonds is 6. The first-order chi connectivity index (χ1) is 12.1. The van der Waals surface area contributed by atoms with Crippen molar-refractivity contribution in [1.82, 2.24) is 4.90 Å². The van der Waals surface area contributed by atoms with E-state index in [1.54, 1.807) is 12.1 Å². The van der Waals surface area contributed by atoms with Gasteiger partial charge in [-0.2, -0.15) is 0 Å². The van der Waals surface area contributed by atoms with E-state index in [2.05, 4.69) is 22.8 Å². The molecule has 2 aromatic carbocycles. The van der Waals surface area contributed by atoms with Gasteiger partial charge in [-0.15, -0.1) is 0 Å². The third-order valence-electron chi connectivity index (χ3n) is 4.46. The van der Waals surface area contributed by atoms with E-state index in [1.165, 1.54) is 5.56 Å². The summed E-state index contributed by atoms with van der Waals surface area (Å²) in [6.45, 7) is 6.89. The molecule has 1 heterocycles. The van der Waals surface area contributed by atoms with E-state index < -0.39 is 0 Å². The fraction of sp³-hybridized carbons (Fsp3) is 0.368. The van der Waals surface area contributed by atoms with Crippen LogP contribution in [-0.4, -0.2) is 49.2 Å². The summed E-state index contributed by atoms with van der Waals surface area (Å²) in [4.78, 5) is 15.3. The van der Waals surface area contributed by atoms with Crippen molar-refractivity contribution >= 4 is 11.4 Å². The van der Waals surface area contributed by atoms with Crippen LogP contribution in [0, 0.1) is 17.0 Å². The summed E-state index contributed by atoms with van der Waals surface area (Å²) in [5.41, 5.74) is 2.08. The number of benzene rings is 2. The van der Waals surface area contributed by atoms with Crippen molar-refractivity contribution in [3.63, 3.8) is 0 Å². The standard InChI is InChI=1S/C19H23N3O3/c1-16-5-4-6-17(15-16)25-14-13-20-9-11-21(12-10-20)18-7-2-3-8-19(18)22(23)24/h2-8,15H,9-14H2,1H3. The molecule has 0 aliphatic carbocycles. The van der Waals surface area contributed by atoms with Crippen LogP contribution in [0.5, 0.6) is 5.75 Å². The predicted molar refractivity (Wildman–Crippen MR) is 98.4 cm³/mol. The maximum Gasteiger partial charge on any atom is 0.292 e. The predicted octanol–water partition coefficient (Wildman–Crippen LogP) is 3.10. The SMILES string of the molecule is Cc1cccc(OCCN2CCN(c3ccccc3[N+](=O)[O-])CC2)c1. The molecule has 6 nitrogen and oxygen atoms in total. The molecule has 132 valence electrons. The monoisotopic (exact) mass is 341 g/mol. The van der Waals surface area contributed by atoms with Gasteiger partial charge in [0.05, 0.1) is 4.92 Å². The fourth-order valence-electron chi connectivity index (χ4n) is 3.10. The summed E-state index contributed by atoms with van der Waals surface area (Å²) in [5, 5.41) is 11.2. The van der Waals surface area contributed by atoms with Gasteiger partial charge in [-0.1, -0.05) is 24.3 Å². The number of hydrogen-bond acceptors (Lipinski definition) is 5. The smallest absolute Gasteiger partial charge is 0.292 e. The molecule has 1 aliphatic rings. The first-order valence-corrected chi connectivity index (χ1v) is 8.54. The van der Waals surface area contributed by atoms with Gasteiger partial charge in [0.15, 0.2) is 0 Å². The molecule has 25 heavy (non-hydrogen) atoms. The number of anilines is 1. The van der Waals surface area contributed by atoms with Gasteiger partial charge in [0.2, 0.25) is 0 Å². The molecule has 1 aliphatic heterocycles. The molecule has 6 heteroatoms. The first-order valence-electron chi connectivity index (χ1n) is 8.54. The minimum absolute atomic E-state index is 0.179. The Labute approximate surface area is 147 Å². The molecule has 1 fully saturated rings. The molecule has 0 unspecified atom stereocenters. The highest BCUT2D eigenvalue weighted by molar-refractivity contribution is 5.63. The van der Waals surface area contributed by atoms with Crippen LogP contribution < -0.4 is 9.64 Å². The van der Waals surface area contributed by atoms with E-state index in [0.717, 1.165) is 38.5 Å². The number of para-hydroxylation sites is 2. The second-order valence-electron chi connectivity index (χ2n) is 6.24. The lowest BCUT2D eigenvalue weighted by Gasteiger charge is -2.35. The van der Waals surface area contributed by atoms with Crippen LogP contribution in [0.2, 0.25) is 0 Å². The highest BCUT2D eigenvalue weighted by Crippen LogP contribution is 2.28. The summed E-state index contributed by atoms with van der Waals surface area (Å²) >= 11 is 0. The van der Waals surface area contributed by atoms with Gasteiger partial charge in [-0.05, 0) is 30.7 Å². The van der Waals surface area contributed by atoms with Crippen molar-refractivity contribution in [2.75, 3.05) is 44.2 Å². The number of nitrogens with zero attached hydrogens (tertiary/aromatic N) is 3.